The summed E-state index contributed by atoms with van der Waals surface area (Å²) in [6.45, 7) is 4.96. The van der Waals surface area contributed by atoms with Gasteiger partial charge in [-0.3, -0.25) is 14.5 Å². The number of hydrogen-bond acceptors (Lipinski definition) is 8. The van der Waals surface area contributed by atoms with Crippen molar-refractivity contribution < 1.29 is 38.7 Å². The molecule has 274 valence electrons. The molecule has 2 heterocycles. The Bertz CT molecular complexity index is 1830. The Morgan fingerprint density at radius 2 is 1.56 bits per heavy atom. The summed E-state index contributed by atoms with van der Waals surface area (Å²) in [5.41, 5.74) is 8.32. The van der Waals surface area contributed by atoms with Crippen LogP contribution in [0, 0.1) is 5.92 Å². The summed E-state index contributed by atoms with van der Waals surface area (Å²) in [6.07, 6.45) is 0.480. The number of carboxylic acid groups (broad SMARTS) is 1. The fourth-order valence-electron chi connectivity index (χ4n) is 7.06. The van der Waals surface area contributed by atoms with E-state index >= 15 is 0 Å². The Kier molecular flexibility index (Phi) is 12.2. The second-order valence-corrected chi connectivity index (χ2v) is 13.6. The highest BCUT2D eigenvalue weighted by molar-refractivity contribution is 5.76. The predicted octanol–water partition coefficient (Wildman–Crippen LogP) is 6.58. The lowest BCUT2D eigenvalue weighted by atomic mass is 9.89. The molecule has 0 bridgehead atoms. The molecule has 4 aromatic carbocycles. The summed E-state index contributed by atoms with van der Waals surface area (Å²) in [7, 11) is 3.33. The Balaban J connectivity index is 1.17. The minimum atomic E-state index is -0.900. The molecule has 0 aromatic heterocycles. The van der Waals surface area contributed by atoms with E-state index in [-0.39, 0.29) is 43.5 Å². The van der Waals surface area contributed by atoms with Crippen LogP contribution in [0.25, 0.3) is 11.1 Å². The fourth-order valence-corrected chi connectivity index (χ4v) is 7.06. The number of methoxy groups -OCH3 is 2. The SMILES string of the molecule is COc1cc2c(cc1OC)CN(C[C@@H]1O[C@H](c3ccc(-c4cccc(CNC(=O)CCCC(=O)O)c4)cc3)O[C@H](c3ccc(CO)cc3)[C@@H]1C)CC2. The molecule has 10 nitrogen and oxygen atoms in total. The molecule has 2 aliphatic rings. The number of amides is 1. The molecule has 1 amide bonds. The van der Waals surface area contributed by atoms with Crippen molar-refractivity contribution in [1.82, 2.24) is 10.2 Å². The number of nitrogens with one attached hydrogen (secondary N) is 1. The van der Waals surface area contributed by atoms with Crippen LogP contribution in [0.15, 0.2) is 84.9 Å². The monoisotopic (exact) mass is 708 g/mol. The Morgan fingerprint density at radius 3 is 2.25 bits per heavy atom. The van der Waals surface area contributed by atoms with Crippen molar-refractivity contribution in [3.8, 4) is 22.6 Å². The normalized spacial score (nSPS) is 20.2. The standard InChI is InChI=1S/C42H48N2O8/c1-27-38(25-44-19-18-34-21-36(49-2)37(50-3)22-35(34)24-44)51-42(52-41(27)31-12-10-28(26-45)11-13-31)32-16-14-30(15-17-32)33-7-4-6-29(20-33)23-43-39(46)8-5-9-40(47)48/h4,6-7,10-17,20-22,27,38,41-42,45H,5,8-9,18-19,23-26H2,1-3H3,(H,43,46)(H,47,48)/t27-,38+,41+,42+/m1/s1. The highest BCUT2D eigenvalue weighted by Gasteiger charge is 2.39. The first-order valence-electron chi connectivity index (χ1n) is 17.9. The van der Waals surface area contributed by atoms with Gasteiger partial charge in [0.25, 0.3) is 0 Å². The smallest absolute Gasteiger partial charge is 0.303 e. The van der Waals surface area contributed by atoms with Crippen LogP contribution in [0.5, 0.6) is 11.5 Å². The highest BCUT2D eigenvalue weighted by Crippen LogP contribution is 2.43. The maximum atomic E-state index is 12.2. The van der Waals surface area contributed by atoms with Gasteiger partial charge in [0.2, 0.25) is 5.91 Å². The lowest BCUT2D eigenvalue weighted by Gasteiger charge is -2.43. The van der Waals surface area contributed by atoms with Crippen molar-refractivity contribution >= 4 is 11.9 Å². The van der Waals surface area contributed by atoms with Crippen LogP contribution in [0.2, 0.25) is 0 Å². The molecule has 3 N–H and O–H groups in total. The number of carboxylic acids is 1. The molecule has 10 heteroatoms. The summed E-state index contributed by atoms with van der Waals surface area (Å²) in [4.78, 5) is 25.4. The first kappa shape index (κ1) is 37.0. The van der Waals surface area contributed by atoms with E-state index < -0.39 is 12.3 Å². The largest absolute Gasteiger partial charge is 0.493 e. The second-order valence-electron chi connectivity index (χ2n) is 13.6. The van der Waals surface area contributed by atoms with Gasteiger partial charge >= 0.3 is 5.97 Å². The molecule has 0 spiro atoms. The van der Waals surface area contributed by atoms with Crippen LogP contribution in [0.4, 0.5) is 0 Å². The summed E-state index contributed by atoms with van der Waals surface area (Å²) < 4.78 is 24.7. The molecular formula is C42H48N2O8. The van der Waals surface area contributed by atoms with E-state index in [0.717, 1.165) is 70.9 Å². The number of carbonyl (C=O) groups excluding carboxylic acids is 1. The van der Waals surface area contributed by atoms with Crippen molar-refractivity contribution in [2.75, 3.05) is 27.3 Å². The Morgan fingerprint density at radius 1 is 0.846 bits per heavy atom. The van der Waals surface area contributed by atoms with Crippen molar-refractivity contribution in [1.29, 1.82) is 0 Å². The predicted molar refractivity (Wildman–Crippen MR) is 197 cm³/mol. The molecule has 2 aliphatic heterocycles. The number of aliphatic carboxylic acids is 1. The third kappa shape index (κ3) is 9.00. The van der Waals surface area contributed by atoms with Crippen LogP contribution < -0.4 is 14.8 Å². The highest BCUT2D eigenvalue weighted by atomic mass is 16.7. The molecule has 4 aromatic rings. The molecule has 4 atom stereocenters. The molecule has 0 radical (unpaired) electrons. The summed E-state index contributed by atoms with van der Waals surface area (Å²) in [6, 6.07) is 28.4. The van der Waals surface area contributed by atoms with Crippen LogP contribution in [0.1, 0.15) is 72.0 Å². The Hall–Kier alpha value is -4.74. The van der Waals surface area contributed by atoms with Gasteiger partial charge in [0.05, 0.1) is 33.0 Å². The van der Waals surface area contributed by atoms with Crippen LogP contribution in [-0.2, 0) is 45.2 Å². The third-order valence-corrected chi connectivity index (χ3v) is 10.1. The zero-order chi connectivity index (χ0) is 36.6. The van der Waals surface area contributed by atoms with Gasteiger partial charge in [0.1, 0.15) is 0 Å². The van der Waals surface area contributed by atoms with Crippen molar-refractivity contribution in [2.24, 2.45) is 5.92 Å². The first-order valence-corrected chi connectivity index (χ1v) is 17.9. The van der Waals surface area contributed by atoms with Gasteiger partial charge in [-0.25, -0.2) is 0 Å². The van der Waals surface area contributed by atoms with Crippen molar-refractivity contribution in [2.45, 2.75) is 70.8 Å². The summed E-state index contributed by atoms with van der Waals surface area (Å²) in [5.74, 6) is 0.482. The van der Waals surface area contributed by atoms with Crippen molar-refractivity contribution in [3.05, 3.63) is 118 Å². The van der Waals surface area contributed by atoms with Crippen LogP contribution >= 0.6 is 0 Å². The van der Waals surface area contributed by atoms with Gasteiger partial charge in [0, 0.05) is 50.5 Å². The van der Waals surface area contributed by atoms with E-state index in [9.17, 15) is 14.7 Å². The second kappa shape index (κ2) is 17.2. The van der Waals surface area contributed by atoms with Gasteiger partial charge in [-0.1, -0.05) is 73.7 Å². The van der Waals surface area contributed by atoms with E-state index in [2.05, 4.69) is 41.4 Å². The average molecular weight is 709 g/mol. The number of ether oxygens (including phenoxy) is 4. The Labute approximate surface area is 305 Å². The number of aliphatic hydroxyl groups is 1. The van der Waals surface area contributed by atoms with E-state index in [1.165, 1.54) is 11.1 Å². The van der Waals surface area contributed by atoms with E-state index in [1.807, 2.05) is 60.7 Å². The number of nitrogens with zero attached hydrogens (tertiary/aromatic N) is 1. The molecule has 6 rings (SSSR count). The van der Waals surface area contributed by atoms with Gasteiger partial charge in [-0.05, 0) is 70.0 Å². The minimum Gasteiger partial charge on any atom is -0.493 e. The van der Waals surface area contributed by atoms with Gasteiger partial charge < -0.3 is 34.5 Å². The number of fused-ring (bicyclic) bond motifs is 1. The van der Waals surface area contributed by atoms with Gasteiger partial charge in [0.15, 0.2) is 17.8 Å². The number of rotatable bonds is 14. The fraction of sp³-hybridized carbons (Fsp3) is 0.381. The van der Waals surface area contributed by atoms with Gasteiger partial charge in [-0.15, -0.1) is 0 Å². The summed E-state index contributed by atoms with van der Waals surface area (Å²) >= 11 is 0. The molecule has 1 fully saturated rings. The lowest BCUT2D eigenvalue weighted by Crippen LogP contribution is -2.45. The van der Waals surface area contributed by atoms with E-state index in [1.54, 1.807) is 14.2 Å². The molecule has 0 unspecified atom stereocenters. The third-order valence-electron chi connectivity index (χ3n) is 10.1. The first-order chi connectivity index (χ1) is 25.2. The van der Waals surface area contributed by atoms with E-state index in [0.29, 0.717) is 13.0 Å². The average Bonchev–Trinajstić information content (AvgIpc) is 3.17. The van der Waals surface area contributed by atoms with E-state index in [4.69, 9.17) is 24.1 Å². The molecular weight excluding hydrogens is 660 g/mol. The lowest BCUT2D eigenvalue weighted by molar-refractivity contribution is -0.276. The van der Waals surface area contributed by atoms with Crippen LogP contribution in [0.3, 0.4) is 0 Å². The molecule has 52 heavy (non-hydrogen) atoms. The van der Waals surface area contributed by atoms with Crippen LogP contribution in [-0.4, -0.2) is 60.4 Å². The molecule has 0 aliphatic carbocycles. The van der Waals surface area contributed by atoms with Gasteiger partial charge in [-0.2, -0.15) is 0 Å². The number of carbonyl (C=O) groups is 2. The maximum absolute atomic E-state index is 12.2. The zero-order valence-electron chi connectivity index (χ0n) is 30.0. The quantitative estimate of drug-likeness (QED) is 0.133. The zero-order valence-corrected chi connectivity index (χ0v) is 30.0. The maximum Gasteiger partial charge on any atom is 0.303 e. The number of aliphatic hydroxyl groups excluding tert-OH is 1. The molecule has 0 saturated carbocycles. The topological polar surface area (TPSA) is 127 Å². The number of benzene rings is 4. The minimum absolute atomic E-state index is 0.0126. The molecule has 1 saturated heterocycles. The van der Waals surface area contributed by atoms with Crippen molar-refractivity contribution in [3.63, 3.8) is 0 Å². The summed E-state index contributed by atoms with van der Waals surface area (Å²) in [5, 5.41) is 21.3. The number of hydrogen-bond donors (Lipinski definition) is 3.